The molecule has 3 atom stereocenters. The van der Waals surface area contributed by atoms with E-state index in [4.69, 9.17) is 4.74 Å². The van der Waals surface area contributed by atoms with Crippen LogP contribution in [0.25, 0.3) is 11.0 Å². The third-order valence-corrected chi connectivity index (χ3v) is 5.62. The Hall–Kier alpha value is -3.46. The molecule has 9 heteroatoms. The Morgan fingerprint density at radius 3 is 2.84 bits per heavy atom. The number of aromatic nitrogens is 3. The minimum absolute atomic E-state index is 0.224. The zero-order valence-electron chi connectivity index (χ0n) is 17.2. The number of nitrogens with zero attached hydrogens (tertiary/aromatic N) is 2. The fourth-order valence-corrected chi connectivity index (χ4v) is 3.77. The molecule has 1 saturated carbocycles. The smallest absolute Gasteiger partial charge is 0.305 e. The number of nitrogens with one attached hydrogen (secondary N) is 3. The molecule has 1 amide bonds. The average Bonchev–Trinajstić information content (AvgIpc) is 3.36. The number of amides is 1. The Kier molecular flexibility index (Phi) is 6.13. The van der Waals surface area contributed by atoms with Crippen LogP contribution in [0.3, 0.4) is 0 Å². The van der Waals surface area contributed by atoms with E-state index in [1.54, 1.807) is 19.5 Å². The highest BCUT2D eigenvalue weighted by Gasteiger charge is 2.36. The molecule has 0 unspecified atom stereocenters. The second-order valence-electron chi connectivity index (χ2n) is 7.83. The van der Waals surface area contributed by atoms with Crippen LogP contribution in [0.4, 0.5) is 5.69 Å². The molecule has 0 saturated heterocycles. The number of carbonyl (C=O) groups excluding carboxylic acids is 1. The van der Waals surface area contributed by atoms with Crippen molar-refractivity contribution in [2.24, 2.45) is 11.8 Å². The van der Waals surface area contributed by atoms with Gasteiger partial charge in [-0.05, 0) is 36.0 Å². The van der Waals surface area contributed by atoms with Crippen molar-refractivity contribution in [2.75, 3.05) is 25.6 Å². The molecule has 0 radical (unpaired) electrons. The van der Waals surface area contributed by atoms with Crippen LogP contribution in [0.2, 0.25) is 0 Å². The van der Waals surface area contributed by atoms with E-state index in [0.29, 0.717) is 28.4 Å². The van der Waals surface area contributed by atoms with Crippen molar-refractivity contribution >= 4 is 28.6 Å². The van der Waals surface area contributed by atoms with Gasteiger partial charge in [-0.25, -0.2) is 9.97 Å². The molecular formula is C22H25N5O4. The van der Waals surface area contributed by atoms with E-state index >= 15 is 0 Å². The standard InChI is InChI=1S/C22H25N5O4/c1-31-11-15-6-14(15)8-24-16-4-2-13(3-5-16)19(7-20(28)29)27-22(30)18-10-25-21-17(18)9-23-12-26-21/h2-5,9-10,12,14-15,19,24H,6-8,11H2,1H3,(H,27,30)(H,28,29)(H,23,25,26)/t14-,15+,19-/m1/s1. The first-order valence-corrected chi connectivity index (χ1v) is 10.2. The maximum absolute atomic E-state index is 12.8. The highest BCUT2D eigenvalue weighted by Crippen LogP contribution is 2.38. The fourth-order valence-electron chi connectivity index (χ4n) is 3.77. The van der Waals surface area contributed by atoms with Crippen molar-refractivity contribution < 1.29 is 19.4 Å². The number of aliphatic carboxylic acids is 1. The maximum Gasteiger partial charge on any atom is 0.305 e. The van der Waals surface area contributed by atoms with Gasteiger partial charge in [-0.15, -0.1) is 0 Å². The van der Waals surface area contributed by atoms with Gasteiger partial charge in [0.2, 0.25) is 0 Å². The Bertz CT molecular complexity index is 1070. The summed E-state index contributed by atoms with van der Waals surface area (Å²) in [7, 11) is 1.72. The fraction of sp³-hybridized carbons (Fsp3) is 0.364. The molecule has 2 aromatic heterocycles. The number of fused-ring (bicyclic) bond motifs is 1. The van der Waals surface area contributed by atoms with Crippen LogP contribution in [0.1, 0.15) is 34.8 Å². The highest BCUT2D eigenvalue weighted by atomic mass is 16.5. The van der Waals surface area contributed by atoms with Crippen molar-refractivity contribution in [1.82, 2.24) is 20.3 Å². The van der Waals surface area contributed by atoms with Crippen LogP contribution in [0.5, 0.6) is 0 Å². The summed E-state index contributed by atoms with van der Waals surface area (Å²) in [6.07, 6.45) is 5.44. The minimum Gasteiger partial charge on any atom is -0.481 e. The molecule has 2 heterocycles. The summed E-state index contributed by atoms with van der Waals surface area (Å²) >= 11 is 0. The van der Waals surface area contributed by atoms with Crippen LogP contribution in [-0.2, 0) is 9.53 Å². The van der Waals surface area contributed by atoms with E-state index in [1.165, 1.54) is 12.7 Å². The van der Waals surface area contributed by atoms with Gasteiger partial charge in [0.15, 0.2) is 0 Å². The Balaban J connectivity index is 1.42. The van der Waals surface area contributed by atoms with Crippen molar-refractivity contribution in [3.05, 3.63) is 54.1 Å². The van der Waals surface area contributed by atoms with E-state index in [-0.39, 0.29) is 12.3 Å². The normalized spacial score (nSPS) is 18.5. The molecule has 1 aromatic carbocycles. The van der Waals surface area contributed by atoms with Crippen LogP contribution in [0.15, 0.2) is 43.0 Å². The molecule has 1 aliphatic carbocycles. The van der Waals surface area contributed by atoms with Crippen molar-refractivity contribution in [3.8, 4) is 0 Å². The molecule has 1 fully saturated rings. The number of carbonyl (C=O) groups is 2. The van der Waals surface area contributed by atoms with Crippen molar-refractivity contribution in [1.29, 1.82) is 0 Å². The first-order chi connectivity index (χ1) is 15.0. The van der Waals surface area contributed by atoms with Crippen molar-refractivity contribution in [3.63, 3.8) is 0 Å². The zero-order valence-corrected chi connectivity index (χ0v) is 17.2. The average molecular weight is 423 g/mol. The largest absolute Gasteiger partial charge is 0.481 e. The third kappa shape index (κ3) is 5.00. The Morgan fingerprint density at radius 1 is 1.29 bits per heavy atom. The van der Waals surface area contributed by atoms with Gasteiger partial charge in [0.1, 0.15) is 12.0 Å². The van der Waals surface area contributed by atoms with Gasteiger partial charge in [0.25, 0.3) is 5.91 Å². The Morgan fingerprint density at radius 2 is 2.10 bits per heavy atom. The topological polar surface area (TPSA) is 129 Å². The minimum atomic E-state index is -0.993. The zero-order chi connectivity index (χ0) is 21.8. The number of ether oxygens (including phenoxy) is 1. The predicted octanol–water partition coefficient (Wildman–Crippen LogP) is 2.60. The lowest BCUT2D eigenvalue weighted by Gasteiger charge is -2.18. The molecule has 3 aromatic rings. The highest BCUT2D eigenvalue weighted by molar-refractivity contribution is 6.05. The molecule has 9 nitrogen and oxygen atoms in total. The van der Waals surface area contributed by atoms with Gasteiger partial charge in [-0.3, -0.25) is 9.59 Å². The van der Waals surface area contributed by atoms with Gasteiger partial charge < -0.3 is 25.5 Å². The lowest BCUT2D eigenvalue weighted by Crippen LogP contribution is -2.30. The second-order valence-corrected chi connectivity index (χ2v) is 7.83. The van der Waals surface area contributed by atoms with Gasteiger partial charge in [-0.1, -0.05) is 12.1 Å². The number of aromatic amines is 1. The van der Waals surface area contributed by atoms with Gasteiger partial charge >= 0.3 is 5.97 Å². The first kappa shape index (κ1) is 20.8. The number of benzene rings is 1. The van der Waals surface area contributed by atoms with Crippen LogP contribution < -0.4 is 10.6 Å². The van der Waals surface area contributed by atoms with E-state index < -0.39 is 12.0 Å². The molecule has 4 N–H and O–H groups in total. The monoisotopic (exact) mass is 423 g/mol. The first-order valence-electron chi connectivity index (χ1n) is 10.2. The van der Waals surface area contributed by atoms with Crippen molar-refractivity contribution in [2.45, 2.75) is 18.9 Å². The molecule has 4 rings (SSSR count). The number of H-pyrrole nitrogens is 1. The third-order valence-electron chi connectivity index (χ3n) is 5.62. The Labute approximate surface area is 179 Å². The molecule has 31 heavy (non-hydrogen) atoms. The van der Waals surface area contributed by atoms with E-state index in [2.05, 4.69) is 25.6 Å². The summed E-state index contributed by atoms with van der Waals surface area (Å²) in [6.45, 7) is 1.68. The number of carboxylic acids is 1. The van der Waals surface area contributed by atoms with Gasteiger partial charge in [0, 0.05) is 43.7 Å². The van der Waals surface area contributed by atoms with Crippen LogP contribution in [-0.4, -0.2) is 52.2 Å². The summed E-state index contributed by atoms with van der Waals surface area (Å²) in [4.78, 5) is 35.2. The SMILES string of the molecule is COC[C@@H]1C[C@@H]1CNc1ccc([C@@H](CC(=O)O)NC(=O)c2c[nH]c3ncncc23)cc1. The summed E-state index contributed by atoms with van der Waals surface area (Å²) in [6, 6.07) is 6.83. The number of rotatable bonds is 10. The number of carboxylic acid groups (broad SMARTS) is 1. The molecular weight excluding hydrogens is 398 g/mol. The lowest BCUT2D eigenvalue weighted by atomic mass is 10.0. The molecule has 0 bridgehead atoms. The summed E-state index contributed by atoms with van der Waals surface area (Å²) in [5, 5.41) is 16.2. The number of anilines is 1. The summed E-state index contributed by atoms with van der Waals surface area (Å²) in [5.41, 5.74) is 2.61. The molecule has 0 spiro atoms. The summed E-state index contributed by atoms with van der Waals surface area (Å²) in [5.74, 6) is -0.124. The van der Waals surface area contributed by atoms with Crippen LogP contribution >= 0.6 is 0 Å². The van der Waals surface area contributed by atoms with E-state index in [9.17, 15) is 14.7 Å². The molecule has 0 aliphatic heterocycles. The lowest BCUT2D eigenvalue weighted by molar-refractivity contribution is -0.137. The summed E-state index contributed by atoms with van der Waals surface area (Å²) < 4.78 is 5.18. The van der Waals surface area contributed by atoms with Gasteiger partial charge in [-0.2, -0.15) is 0 Å². The molecule has 1 aliphatic rings. The van der Waals surface area contributed by atoms with Gasteiger partial charge in [0.05, 0.1) is 18.0 Å². The van der Waals surface area contributed by atoms with Crippen LogP contribution in [0, 0.1) is 11.8 Å². The number of methoxy groups -OCH3 is 1. The van der Waals surface area contributed by atoms with E-state index in [1.807, 2.05) is 24.3 Å². The quantitative estimate of drug-likeness (QED) is 0.394. The second kappa shape index (κ2) is 9.13. The maximum atomic E-state index is 12.8. The molecule has 162 valence electrons. The predicted molar refractivity (Wildman–Crippen MR) is 115 cm³/mol. The number of hydrogen-bond acceptors (Lipinski definition) is 6. The van der Waals surface area contributed by atoms with E-state index in [0.717, 1.165) is 24.4 Å². The number of hydrogen-bond donors (Lipinski definition) is 4.